The zero-order chi connectivity index (χ0) is 8.10. The standard InChI is InChI=1S/C9H14N2/c1-3-8-5-6-9(7-11-8)10-4-2/h5-7,10H,3-4H2,1-2H3. The van der Waals surface area contributed by atoms with E-state index >= 15 is 0 Å². The van der Waals surface area contributed by atoms with E-state index in [1.54, 1.807) is 0 Å². The highest BCUT2D eigenvalue weighted by atomic mass is 14.9. The van der Waals surface area contributed by atoms with Gasteiger partial charge in [0.15, 0.2) is 0 Å². The summed E-state index contributed by atoms with van der Waals surface area (Å²) in [6.45, 7) is 5.14. The molecule has 1 aromatic rings. The normalized spacial score (nSPS) is 9.64. The van der Waals surface area contributed by atoms with E-state index < -0.39 is 0 Å². The molecule has 1 rings (SSSR count). The van der Waals surface area contributed by atoms with Crippen LogP contribution < -0.4 is 5.32 Å². The van der Waals surface area contributed by atoms with E-state index in [2.05, 4.69) is 36.3 Å². The number of aryl methyl sites for hydroxylation is 1. The van der Waals surface area contributed by atoms with Crippen molar-refractivity contribution in [3.63, 3.8) is 0 Å². The van der Waals surface area contributed by atoms with Crippen molar-refractivity contribution in [2.24, 2.45) is 0 Å². The number of pyridine rings is 1. The van der Waals surface area contributed by atoms with Gasteiger partial charge in [0, 0.05) is 12.2 Å². The Bertz CT molecular complexity index is 203. The molecule has 0 aliphatic carbocycles. The zero-order valence-corrected chi connectivity index (χ0v) is 7.09. The molecule has 0 spiro atoms. The van der Waals surface area contributed by atoms with Crippen LogP contribution in [0.1, 0.15) is 19.5 Å². The monoisotopic (exact) mass is 150 g/mol. The molecule has 1 heterocycles. The minimum absolute atomic E-state index is 0.952. The number of anilines is 1. The highest BCUT2D eigenvalue weighted by Crippen LogP contribution is 2.05. The first-order valence-corrected chi connectivity index (χ1v) is 4.05. The van der Waals surface area contributed by atoms with Crippen LogP contribution in [0.3, 0.4) is 0 Å². The van der Waals surface area contributed by atoms with Gasteiger partial charge in [0.25, 0.3) is 0 Å². The summed E-state index contributed by atoms with van der Waals surface area (Å²) in [5, 5.41) is 3.20. The van der Waals surface area contributed by atoms with Gasteiger partial charge in [-0.25, -0.2) is 0 Å². The minimum Gasteiger partial charge on any atom is -0.384 e. The lowest BCUT2D eigenvalue weighted by atomic mass is 10.3. The summed E-state index contributed by atoms with van der Waals surface area (Å²) in [5.41, 5.74) is 2.25. The summed E-state index contributed by atoms with van der Waals surface area (Å²) < 4.78 is 0. The predicted molar refractivity (Wildman–Crippen MR) is 47.8 cm³/mol. The van der Waals surface area contributed by atoms with Gasteiger partial charge in [-0.1, -0.05) is 6.92 Å². The van der Waals surface area contributed by atoms with Gasteiger partial charge in [-0.15, -0.1) is 0 Å². The first kappa shape index (κ1) is 8.05. The van der Waals surface area contributed by atoms with Crippen molar-refractivity contribution in [3.8, 4) is 0 Å². The second kappa shape index (κ2) is 3.96. The molecule has 1 N–H and O–H groups in total. The van der Waals surface area contributed by atoms with E-state index in [1.165, 1.54) is 0 Å². The second-order valence-electron chi connectivity index (χ2n) is 2.42. The van der Waals surface area contributed by atoms with E-state index in [1.807, 2.05) is 6.20 Å². The number of hydrogen-bond donors (Lipinski definition) is 1. The maximum absolute atomic E-state index is 4.25. The molecule has 0 saturated carbocycles. The fourth-order valence-corrected chi connectivity index (χ4v) is 0.942. The summed E-state index contributed by atoms with van der Waals surface area (Å²) in [6, 6.07) is 4.12. The molecular weight excluding hydrogens is 136 g/mol. The highest BCUT2D eigenvalue weighted by molar-refractivity contribution is 5.40. The fourth-order valence-electron chi connectivity index (χ4n) is 0.942. The van der Waals surface area contributed by atoms with Gasteiger partial charge in [0.1, 0.15) is 0 Å². The van der Waals surface area contributed by atoms with E-state index in [0.29, 0.717) is 0 Å². The molecule has 60 valence electrons. The molecule has 0 fully saturated rings. The van der Waals surface area contributed by atoms with Crippen LogP contribution in [0.5, 0.6) is 0 Å². The Morgan fingerprint density at radius 2 is 2.18 bits per heavy atom. The molecule has 11 heavy (non-hydrogen) atoms. The second-order valence-corrected chi connectivity index (χ2v) is 2.42. The molecule has 0 atom stereocenters. The highest BCUT2D eigenvalue weighted by Gasteiger charge is 1.90. The van der Waals surface area contributed by atoms with Crippen molar-refractivity contribution in [2.75, 3.05) is 11.9 Å². The van der Waals surface area contributed by atoms with Gasteiger partial charge < -0.3 is 5.32 Å². The Balaban J connectivity index is 2.66. The van der Waals surface area contributed by atoms with Crippen LogP contribution in [0.4, 0.5) is 5.69 Å². The van der Waals surface area contributed by atoms with Crippen LogP contribution in [0.25, 0.3) is 0 Å². The summed E-state index contributed by atoms with van der Waals surface area (Å²) >= 11 is 0. The largest absolute Gasteiger partial charge is 0.384 e. The van der Waals surface area contributed by atoms with E-state index in [9.17, 15) is 0 Å². The summed E-state index contributed by atoms with van der Waals surface area (Å²) in [4.78, 5) is 4.25. The van der Waals surface area contributed by atoms with E-state index in [0.717, 1.165) is 24.3 Å². The number of aromatic nitrogens is 1. The molecular formula is C9H14N2. The number of nitrogens with one attached hydrogen (secondary N) is 1. The van der Waals surface area contributed by atoms with Crippen molar-refractivity contribution < 1.29 is 0 Å². The smallest absolute Gasteiger partial charge is 0.0526 e. The molecule has 0 aromatic carbocycles. The maximum Gasteiger partial charge on any atom is 0.0526 e. The van der Waals surface area contributed by atoms with Gasteiger partial charge in [-0.05, 0) is 25.5 Å². The summed E-state index contributed by atoms with van der Waals surface area (Å²) in [5.74, 6) is 0. The SMILES string of the molecule is CCNc1ccc(CC)nc1. The lowest BCUT2D eigenvalue weighted by Gasteiger charge is -2.01. The molecule has 0 unspecified atom stereocenters. The first-order valence-electron chi connectivity index (χ1n) is 4.05. The van der Waals surface area contributed by atoms with Crippen LogP contribution in [0.15, 0.2) is 18.3 Å². The van der Waals surface area contributed by atoms with Gasteiger partial charge in [-0.2, -0.15) is 0 Å². The van der Waals surface area contributed by atoms with Crippen molar-refractivity contribution in [2.45, 2.75) is 20.3 Å². The van der Waals surface area contributed by atoms with Crippen LogP contribution in [0.2, 0.25) is 0 Å². The summed E-state index contributed by atoms with van der Waals surface area (Å²) in [6.07, 6.45) is 2.88. The third-order valence-corrected chi connectivity index (χ3v) is 1.57. The summed E-state index contributed by atoms with van der Waals surface area (Å²) in [7, 11) is 0. The van der Waals surface area contributed by atoms with Gasteiger partial charge in [0.2, 0.25) is 0 Å². The molecule has 0 radical (unpaired) electrons. The van der Waals surface area contributed by atoms with Crippen molar-refractivity contribution in [1.82, 2.24) is 4.98 Å². The average molecular weight is 150 g/mol. The van der Waals surface area contributed by atoms with Gasteiger partial charge >= 0.3 is 0 Å². The first-order chi connectivity index (χ1) is 5.36. The Labute approximate surface area is 67.7 Å². The molecule has 2 nitrogen and oxygen atoms in total. The van der Waals surface area contributed by atoms with E-state index in [4.69, 9.17) is 0 Å². The van der Waals surface area contributed by atoms with Gasteiger partial charge in [0.05, 0.1) is 11.9 Å². The molecule has 0 saturated heterocycles. The Hall–Kier alpha value is -1.05. The predicted octanol–water partition coefficient (Wildman–Crippen LogP) is 2.08. The lowest BCUT2D eigenvalue weighted by molar-refractivity contribution is 1.03. The number of nitrogens with zero attached hydrogens (tertiary/aromatic N) is 1. The Morgan fingerprint density at radius 3 is 2.64 bits per heavy atom. The molecule has 2 heteroatoms. The molecule has 0 bridgehead atoms. The molecule has 0 aliphatic rings. The third-order valence-electron chi connectivity index (χ3n) is 1.57. The molecule has 0 amide bonds. The van der Waals surface area contributed by atoms with Crippen LogP contribution >= 0.6 is 0 Å². The quantitative estimate of drug-likeness (QED) is 0.713. The van der Waals surface area contributed by atoms with Gasteiger partial charge in [-0.3, -0.25) is 4.98 Å². The van der Waals surface area contributed by atoms with Crippen LogP contribution in [0, 0.1) is 0 Å². The zero-order valence-electron chi connectivity index (χ0n) is 7.09. The van der Waals surface area contributed by atoms with Crippen LogP contribution in [-0.2, 0) is 6.42 Å². The Kier molecular flexibility index (Phi) is 2.90. The van der Waals surface area contributed by atoms with E-state index in [-0.39, 0.29) is 0 Å². The third kappa shape index (κ3) is 2.22. The number of rotatable bonds is 3. The number of hydrogen-bond acceptors (Lipinski definition) is 2. The topological polar surface area (TPSA) is 24.9 Å². The van der Waals surface area contributed by atoms with Crippen molar-refractivity contribution >= 4 is 5.69 Å². The van der Waals surface area contributed by atoms with Crippen LogP contribution in [-0.4, -0.2) is 11.5 Å². The Morgan fingerprint density at radius 1 is 1.36 bits per heavy atom. The lowest BCUT2D eigenvalue weighted by Crippen LogP contribution is -1.97. The molecule has 1 aromatic heterocycles. The van der Waals surface area contributed by atoms with Crippen molar-refractivity contribution in [1.29, 1.82) is 0 Å². The van der Waals surface area contributed by atoms with Crippen molar-refractivity contribution in [3.05, 3.63) is 24.0 Å². The maximum atomic E-state index is 4.25. The molecule has 0 aliphatic heterocycles. The minimum atomic E-state index is 0.952. The average Bonchev–Trinajstić information content (AvgIpc) is 2.07. The fraction of sp³-hybridized carbons (Fsp3) is 0.444.